The SMILES string of the molecule is CCOc1cc(C=NNC(=O)CCC(=O)Nc2cc(C)ccc2C)ccc1OCc1ccc(Cl)cc1Cl. The maximum Gasteiger partial charge on any atom is 0.240 e. The van der Waals surface area contributed by atoms with E-state index >= 15 is 0 Å². The topological polar surface area (TPSA) is 89.0 Å². The van der Waals surface area contributed by atoms with Gasteiger partial charge in [0.15, 0.2) is 11.5 Å². The van der Waals surface area contributed by atoms with Crippen LogP contribution < -0.4 is 20.2 Å². The van der Waals surface area contributed by atoms with Gasteiger partial charge < -0.3 is 14.8 Å². The number of benzene rings is 3. The number of anilines is 1. The molecule has 0 radical (unpaired) electrons. The molecule has 9 heteroatoms. The van der Waals surface area contributed by atoms with E-state index in [1.807, 2.05) is 45.0 Å². The van der Waals surface area contributed by atoms with Crippen LogP contribution in [-0.2, 0) is 16.2 Å². The number of carbonyl (C=O) groups excluding carboxylic acids is 2. The minimum absolute atomic E-state index is 0.0122. The number of ether oxygens (including phenoxy) is 2. The number of carbonyl (C=O) groups is 2. The van der Waals surface area contributed by atoms with Gasteiger partial charge in [0, 0.05) is 34.1 Å². The molecule has 3 aromatic rings. The highest BCUT2D eigenvalue weighted by Gasteiger charge is 2.10. The second-order valence-corrected chi connectivity index (χ2v) is 9.17. The molecule has 0 saturated carbocycles. The van der Waals surface area contributed by atoms with Gasteiger partial charge >= 0.3 is 0 Å². The summed E-state index contributed by atoms with van der Waals surface area (Å²) in [6, 6.07) is 16.3. The number of hydrogen-bond donors (Lipinski definition) is 2. The van der Waals surface area contributed by atoms with Crippen LogP contribution in [0.15, 0.2) is 59.7 Å². The van der Waals surface area contributed by atoms with E-state index < -0.39 is 0 Å². The van der Waals surface area contributed by atoms with Crippen LogP contribution in [-0.4, -0.2) is 24.6 Å². The minimum atomic E-state index is -0.364. The van der Waals surface area contributed by atoms with Crippen molar-refractivity contribution in [1.82, 2.24) is 5.43 Å². The first-order valence-corrected chi connectivity index (χ1v) is 12.5. The smallest absolute Gasteiger partial charge is 0.240 e. The van der Waals surface area contributed by atoms with Gasteiger partial charge in [-0.3, -0.25) is 9.59 Å². The van der Waals surface area contributed by atoms with Crippen molar-refractivity contribution >= 4 is 46.9 Å². The lowest BCUT2D eigenvalue weighted by Gasteiger charge is -2.13. The molecule has 0 aliphatic heterocycles. The molecule has 0 fully saturated rings. The third-order valence-corrected chi connectivity index (χ3v) is 5.90. The van der Waals surface area contributed by atoms with Crippen LogP contribution >= 0.6 is 23.2 Å². The van der Waals surface area contributed by atoms with Crippen molar-refractivity contribution in [3.05, 3.63) is 86.9 Å². The number of rotatable bonds is 11. The third kappa shape index (κ3) is 8.81. The molecule has 0 atom stereocenters. The van der Waals surface area contributed by atoms with Crippen molar-refractivity contribution in [3.8, 4) is 11.5 Å². The van der Waals surface area contributed by atoms with Crippen molar-refractivity contribution < 1.29 is 19.1 Å². The maximum atomic E-state index is 12.2. The molecule has 0 saturated heterocycles. The van der Waals surface area contributed by atoms with E-state index in [1.165, 1.54) is 6.21 Å². The predicted octanol–water partition coefficient (Wildman–Crippen LogP) is 6.46. The third-order valence-electron chi connectivity index (χ3n) is 5.32. The lowest BCUT2D eigenvalue weighted by atomic mass is 10.1. The molecule has 0 unspecified atom stereocenters. The molecule has 2 amide bonds. The number of amides is 2. The molecule has 194 valence electrons. The van der Waals surface area contributed by atoms with Gasteiger partial charge in [-0.2, -0.15) is 5.10 Å². The Morgan fingerprint density at radius 1 is 0.919 bits per heavy atom. The van der Waals surface area contributed by atoms with Gasteiger partial charge in [0.25, 0.3) is 0 Å². The first-order valence-electron chi connectivity index (χ1n) is 11.8. The summed E-state index contributed by atoms with van der Waals surface area (Å²) in [6.07, 6.45) is 1.56. The van der Waals surface area contributed by atoms with Crippen LogP contribution in [0.4, 0.5) is 5.69 Å². The van der Waals surface area contributed by atoms with Crippen LogP contribution in [0.1, 0.15) is 42.0 Å². The van der Waals surface area contributed by atoms with Crippen LogP contribution in [0.5, 0.6) is 11.5 Å². The number of nitrogens with zero attached hydrogens (tertiary/aromatic N) is 1. The molecule has 7 nitrogen and oxygen atoms in total. The van der Waals surface area contributed by atoms with Gasteiger partial charge in [0.05, 0.1) is 12.8 Å². The Balaban J connectivity index is 1.52. The van der Waals surface area contributed by atoms with Crippen LogP contribution in [0, 0.1) is 13.8 Å². The fraction of sp³-hybridized carbons (Fsp3) is 0.250. The Labute approximate surface area is 226 Å². The van der Waals surface area contributed by atoms with E-state index in [9.17, 15) is 9.59 Å². The maximum absolute atomic E-state index is 12.2. The zero-order chi connectivity index (χ0) is 26.8. The Bertz CT molecular complexity index is 1290. The van der Waals surface area contributed by atoms with Gasteiger partial charge in [-0.05, 0) is 73.9 Å². The Morgan fingerprint density at radius 2 is 1.70 bits per heavy atom. The Morgan fingerprint density at radius 3 is 2.46 bits per heavy atom. The summed E-state index contributed by atoms with van der Waals surface area (Å²) in [5.74, 6) is 0.483. The van der Waals surface area contributed by atoms with Crippen molar-refractivity contribution in [2.24, 2.45) is 5.10 Å². The minimum Gasteiger partial charge on any atom is -0.490 e. The normalized spacial score (nSPS) is 10.8. The van der Waals surface area contributed by atoms with Gasteiger partial charge in [-0.15, -0.1) is 0 Å². The largest absolute Gasteiger partial charge is 0.490 e. The highest BCUT2D eigenvalue weighted by atomic mass is 35.5. The zero-order valence-corrected chi connectivity index (χ0v) is 22.4. The zero-order valence-electron chi connectivity index (χ0n) is 20.9. The number of halogens is 2. The number of nitrogens with one attached hydrogen (secondary N) is 2. The highest BCUT2D eigenvalue weighted by molar-refractivity contribution is 6.35. The first-order chi connectivity index (χ1) is 17.7. The van der Waals surface area contributed by atoms with Crippen molar-refractivity contribution in [2.45, 2.75) is 40.2 Å². The lowest BCUT2D eigenvalue weighted by molar-refractivity contribution is -0.124. The molecule has 0 spiro atoms. The van der Waals surface area contributed by atoms with Crippen molar-refractivity contribution in [1.29, 1.82) is 0 Å². The molecular weight excluding hydrogens is 513 g/mol. The average Bonchev–Trinajstić information content (AvgIpc) is 2.85. The fourth-order valence-corrected chi connectivity index (χ4v) is 3.79. The molecule has 0 aliphatic carbocycles. The molecule has 0 aliphatic rings. The van der Waals surface area contributed by atoms with Gasteiger partial charge in [-0.1, -0.05) is 41.4 Å². The summed E-state index contributed by atoms with van der Waals surface area (Å²) in [6.45, 7) is 6.44. The molecular formula is C28H29Cl2N3O4. The van der Waals surface area contributed by atoms with E-state index in [4.69, 9.17) is 32.7 Å². The quantitative estimate of drug-likeness (QED) is 0.215. The molecule has 0 heterocycles. The van der Waals surface area contributed by atoms with E-state index in [1.54, 1.807) is 30.3 Å². The van der Waals surface area contributed by atoms with Gasteiger partial charge in [0.2, 0.25) is 11.8 Å². The van der Waals surface area contributed by atoms with Crippen LogP contribution in [0.25, 0.3) is 0 Å². The van der Waals surface area contributed by atoms with E-state index in [0.717, 1.165) is 22.4 Å². The standard InChI is InChI=1S/C28H29Cl2N3O4/c1-4-36-26-14-20(7-10-25(26)37-17-21-8-9-22(29)15-23(21)30)16-31-33-28(35)12-11-27(34)32-24-13-18(2)5-6-19(24)3/h5-10,13-16H,4,11-12,17H2,1-3H3,(H,32,34)(H,33,35). The fourth-order valence-electron chi connectivity index (χ4n) is 3.33. The van der Waals surface area contributed by atoms with Gasteiger partial charge in [-0.25, -0.2) is 5.43 Å². The number of hydrogen-bond acceptors (Lipinski definition) is 5. The second kappa shape index (κ2) is 13.7. The lowest BCUT2D eigenvalue weighted by Crippen LogP contribution is -2.21. The van der Waals surface area contributed by atoms with E-state index in [-0.39, 0.29) is 31.3 Å². The molecule has 0 bridgehead atoms. The number of aryl methyl sites for hydroxylation is 2. The summed E-state index contributed by atoms with van der Waals surface area (Å²) < 4.78 is 11.6. The summed E-state index contributed by atoms with van der Waals surface area (Å²) in [4.78, 5) is 24.4. The van der Waals surface area contributed by atoms with E-state index in [2.05, 4.69) is 15.8 Å². The Hall–Kier alpha value is -3.55. The van der Waals surface area contributed by atoms with Crippen LogP contribution in [0.2, 0.25) is 10.0 Å². The summed E-state index contributed by atoms with van der Waals surface area (Å²) >= 11 is 12.2. The average molecular weight is 542 g/mol. The van der Waals surface area contributed by atoms with Gasteiger partial charge in [0.1, 0.15) is 6.61 Å². The molecule has 0 aromatic heterocycles. The summed E-state index contributed by atoms with van der Waals surface area (Å²) in [5, 5.41) is 7.91. The molecule has 3 rings (SSSR count). The first kappa shape index (κ1) is 28.0. The molecule has 37 heavy (non-hydrogen) atoms. The highest BCUT2D eigenvalue weighted by Crippen LogP contribution is 2.30. The van der Waals surface area contributed by atoms with E-state index in [0.29, 0.717) is 33.7 Å². The second-order valence-electron chi connectivity index (χ2n) is 8.32. The van der Waals surface area contributed by atoms with Crippen LogP contribution in [0.3, 0.4) is 0 Å². The Kier molecular flexibility index (Phi) is 10.4. The summed E-state index contributed by atoms with van der Waals surface area (Å²) in [7, 11) is 0. The monoisotopic (exact) mass is 541 g/mol. The van der Waals surface area contributed by atoms with Crippen molar-refractivity contribution in [3.63, 3.8) is 0 Å². The van der Waals surface area contributed by atoms with Crippen molar-refractivity contribution in [2.75, 3.05) is 11.9 Å². The summed E-state index contributed by atoms with van der Waals surface area (Å²) in [5.41, 5.74) is 6.70. The number of hydrazone groups is 1. The molecule has 2 N–H and O–H groups in total. The molecule has 3 aromatic carbocycles. The predicted molar refractivity (Wildman–Crippen MR) is 148 cm³/mol.